The third-order valence-electron chi connectivity index (χ3n) is 3.26. The van der Waals surface area contributed by atoms with Crippen molar-refractivity contribution in [3.8, 4) is 11.5 Å². The molecule has 0 bridgehead atoms. The summed E-state index contributed by atoms with van der Waals surface area (Å²) in [5, 5.41) is 2.94. The lowest BCUT2D eigenvalue weighted by molar-refractivity contribution is 0.482. The minimum Gasteiger partial charge on any atom is -0.457 e. The quantitative estimate of drug-likeness (QED) is 0.689. The van der Waals surface area contributed by atoms with Crippen molar-refractivity contribution in [3.63, 3.8) is 0 Å². The van der Waals surface area contributed by atoms with Crippen molar-refractivity contribution in [2.45, 2.75) is 17.7 Å². The van der Waals surface area contributed by atoms with Gasteiger partial charge in [-0.05, 0) is 62.3 Å². The maximum absolute atomic E-state index is 12.2. The first kappa shape index (κ1) is 17.5. The van der Waals surface area contributed by atoms with Crippen LogP contribution in [-0.4, -0.2) is 27.4 Å². The zero-order valence-corrected chi connectivity index (χ0v) is 13.8. The zero-order chi connectivity index (χ0) is 16.5. The molecule has 124 valence electrons. The van der Waals surface area contributed by atoms with Crippen LogP contribution in [0.1, 0.15) is 12.8 Å². The van der Waals surface area contributed by atoms with E-state index in [9.17, 15) is 8.42 Å². The molecule has 0 amide bonds. The van der Waals surface area contributed by atoms with Gasteiger partial charge in [-0.1, -0.05) is 18.2 Å². The molecule has 0 aliphatic carbocycles. The Bertz CT molecular complexity index is 686. The number of nitrogens with two attached hydrogens (primary N) is 1. The molecule has 5 nitrogen and oxygen atoms in total. The summed E-state index contributed by atoms with van der Waals surface area (Å²) in [4.78, 5) is 0.282. The van der Waals surface area contributed by atoms with Crippen LogP contribution in [0.25, 0.3) is 0 Å². The highest BCUT2D eigenvalue weighted by atomic mass is 32.2. The van der Waals surface area contributed by atoms with E-state index < -0.39 is 9.84 Å². The third-order valence-corrected chi connectivity index (χ3v) is 4.84. The SMILES string of the molecule is NCCCCNCS(=O)(=O)c1ccc(Oc2ccccc2)cc1. The van der Waals surface area contributed by atoms with Crippen LogP contribution in [-0.2, 0) is 9.84 Å². The number of benzene rings is 2. The number of hydrogen-bond donors (Lipinski definition) is 2. The minimum atomic E-state index is -3.33. The predicted molar refractivity (Wildman–Crippen MR) is 91.3 cm³/mol. The molecule has 0 heterocycles. The third kappa shape index (κ3) is 5.67. The number of hydrogen-bond acceptors (Lipinski definition) is 5. The molecule has 23 heavy (non-hydrogen) atoms. The number of rotatable bonds is 9. The number of ether oxygens (including phenoxy) is 1. The number of nitrogens with one attached hydrogen (secondary N) is 1. The van der Waals surface area contributed by atoms with E-state index in [0.29, 0.717) is 24.6 Å². The van der Waals surface area contributed by atoms with Gasteiger partial charge in [-0.3, -0.25) is 0 Å². The van der Waals surface area contributed by atoms with Crippen molar-refractivity contribution >= 4 is 9.84 Å². The Kier molecular flexibility index (Phi) is 6.58. The lowest BCUT2D eigenvalue weighted by atomic mass is 10.3. The Morgan fingerprint density at radius 1 is 0.913 bits per heavy atom. The zero-order valence-electron chi connectivity index (χ0n) is 12.9. The minimum absolute atomic E-state index is 0.0730. The van der Waals surface area contributed by atoms with Gasteiger partial charge in [0.05, 0.1) is 4.90 Å². The topological polar surface area (TPSA) is 81.4 Å². The smallest absolute Gasteiger partial charge is 0.191 e. The van der Waals surface area contributed by atoms with Crippen molar-refractivity contribution in [2.75, 3.05) is 19.0 Å². The molecule has 2 aromatic rings. The second kappa shape index (κ2) is 8.67. The fourth-order valence-corrected chi connectivity index (χ4v) is 3.15. The van der Waals surface area contributed by atoms with Gasteiger partial charge < -0.3 is 15.8 Å². The number of unbranched alkanes of at least 4 members (excludes halogenated alkanes) is 1. The molecule has 0 radical (unpaired) electrons. The summed E-state index contributed by atoms with van der Waals surface area (Å²) in [6, 6.07) is 15.8. The molecule has 0 aliphatic rings. The molecule has 0 atom stereocenters. The van der Waals surface area contributed by atoms with Crippen LogP contribution in [0.2, 0.25) is 0 Å². The lowest BCUT2D eigenvalue weighted by Crippen LogP contribution is -2.24. The molecule has 0 saturated heterocycles. The summed E-state index contributed by atoms with van der Waals surface area (Å²) in [5.74, 6) is 1.24. The molecule has 2 aromatic carbocycles. The number of sulfone groups is 1. The molecule has 0 unspecified atom stereocenters. The van der Waals surface area contributed by atoms with Crippen LogP contribution in [0.4, 0.5) is 0 Å². The Morgan fingerprint density at radius 3 is 2.22 bits per heavy atom. The van der Waals surface area contributed by atoms with Crippen LogP contribution in [0, 0.1) is 0 Å². The van der Waals surface area contributed by atoms with Crippen LogP contribution < -0.4 is 15.8 Å². The van der Waals surface area contributed by atoms with E-state index in [-0.39, 0.29) is 10.8 Å². The van der Waals surface area contributed by atoms with Gasteiger partial charge in [0.15, 0.2) is 9.84 Å². The molecule has 0 saturated carbocycles. The van der Waals surface area contributed by atoms with Crippen LogP contribution >= 0.6 is 0 Å². The van der Waals surface area contributed by atoms with E-state index >= 15 is 0 Å². The predicted octanol–water partition coefficient (Wildman–Crippen LogP) is 2.54. The van der Waals surface area contributed by atoms with Crippen molar-refractivity contribution < 1.29 is 13.2 Å². The summed E-state index contributed by atoms with van der Waals surface area (Å²) in [7, 11) is -3.33. The van der Waals surface area contributed by atoms with Gasteiger partial charge in [0.25, 0.3) is 0 Å². The summed E-state index contributed by atoms with van der Waals surface area (Å²) < 4.78 is 30.1. The van der Waals surface area contributed by atoms with Gasteiger partial charge in [0.2, 0.25) is 0 Å². The van der Waals surface area contributed by atoms with E-state index in [4.69, 9.17) is 10.5 Å². The summed E-state index contributed by atoms with van der Waals surface area (Å²) in [5.41, 5.74) is 5.40. The molecular formula is C17H22N2O3S. The van der Waals surface area contributed by atoms with Gasteiger partial charge in [-0.15, -0.1) is 0 Å². The van der Waals surface area contributed by atoms with E-state index in [1.165, 1.54) is 0 Å². The fourth-order valence-electron chi connectivity index (χ4n) is 2.02. The second-order valence-corrected chi connectivity index (χ2v) is 7.13. The van der Waals surface area contributed by atoms with Crippen molar-refractivity contribution in [1.29, 1.82) is 0 Å². The van der Waals surface area contributed by atoms with Crippen molar-refractivity contribution in [2.24, 2.45) is 5.73 Å². The maximum atomic E-state index is 12.2. The first-order chi connectivity index (χ1) is 11.1. The second-order valence-electron chi connectivity index (χ2n) is 5.14. The monoisotopic (exact) mass is 334 g/mol. The highest BCUT2D eigenvalue weighted by Crippen LogP contribution is 2.22. The summed E-state index contributed by atoms with van der Waals surface area (Å²) in [6.45, 7) is 1.27. The highest BCUT2D eigenvalue weighted by Gasteiger charge is 2.13. The first-order valence-corrected chi connectivity index (χ1v) is 9.23. The van der Waals surface area contributed by atoms with Gasteiger partial charge in [-0.25, -0.2) is 8.42 Å². The van der Waals surface area contributed by atoms with Crippen LogP contribution in [0.5, 0.6) is 11.5 Å². The van der Waals surface area contributed by atoms with Gasteiger partial charge in [0, 0.05) is 0 Å². The molecule has 0 aromatic heterocycles. The molecule has 0 fully saturated rings. The summed E-state index contributed by atoms with van der Waals surface area (Å²) >= 11 is 0. The lowest BCUT2D eigenvalue weighted by Gasteiger charge is -2.08. The van der Waals surface area contributed by atoms with Crippen molar-refractivity contribution in [1.82, 2.24) is 5.32 Å². The largest absolute Gasteiger partial charge is 0.457 e. The highest BCUT2D eigenvalue weighted by molar-refractivity contribution is 7.91. The molecule has 0 aliphatic heterocycles. The average Bonchev–Trinajstić information content (AvgIpc) is 2.56. The van der Waals surface area contributed by atoms with E-state index in [2.05, 4.69) is 5.32 Å². The molecule has 2 rings (SSSR count). The van der Waals surface area contributed by atoms with Gasteiger partial charge in [-0.2, -0.15) is 0 Å². The maximum Gasteiger partial charge on any atom is 0.191 e. The molecular weight excluding hydrogens is 312 g/mol. The Balaban J connectivity index is 1.92. The van der Waals surface area contributed by atoms with Gasteiger partial charge in [0.1, 0.15) is 17.4 Å². The summed E-state index contributed by atoms with van der Waals surface area (Å²) in [6.07, 6.45) is 1.76. The standard InChI is InChI=1S/C17H22N2O3S/c18-12-4-5-13-19-14-23(20,21)17-10-8-16(9-11-17)22-15-6-2-1-3-7-15/h1-3,6-11,19H,4-5,12-14,18H2. The molecule has 0 spiro atoms. The van der Waals surface area contributed by atoms with Gasteiger partial charge >= 0.3 is 0 Å². The average molecular weight is 334 g/mol. The van der Waals surface area contributed by atoms with E-state index in [1.807, 2.05) is 30.3 Å². The Labute approximate surface area is 137 Å². The van der Waals surface area contributed by atoms with Crippen LogP contribution in [0.15, 0.2) is 59.5 Å². The van der Waals surface area contributed by atoms with E-state index in [1.54, 1.807) is 24.3 Å². The number of para-hydroxylation sites is 1. The van der Waals surface area contributed by atoms with E-state index in [0.717, 1.165) is 12.8 Å². The Morgan fingerprint density at radius 2 is 1.57 bits per heavy atom. The Hall–Kier alpha value is -1.89. The normalized spacial score (nSPS) is 11.3. The molecule has 3 N–H and O–H groups in total. The first-order valence-electron chi connectivity index (χ1n) is 7.58. The van der Waals surface area contributed by atoms with Crippen molar-refractivity contribution in [3.05, 3.63) is 54.6 Å². The fraction of sp³-hybridized carbons (Fsp3) is 0.294. The van der Waals surface area contributed by atoms with Crippen LogP contribution in [0.3, 0.4) is 0 Å². The molecule has 6 heteroatoms.